The Hall–Kier alpha value is 0.960. The first-order valence-electron chi connectivity index (χ1n) is 1.38. The molecule has 0 aromatic rings. The van der Waals surface area contributed by atoms with Gasteiger partial charge in [-0.1, -0.05) is 13.0 Å². The Morgan fingerprint density at radius 1 is 1.80 bits per heavy atom. The van der Waals surface area contributed by atoms with Crippen LogP contribution in [0.1, 0.15) is 6.92 Å². The van der Waals surface area contributed by atoms with Gasteiger partial charge in [0, 0.05) is 0 Å². The number of epoxide rings is 1. The first-order valence-corrected chi connectivity index (χ1v) is 1.38. The first-order chi connectivity index (χ1) is 1.89. The largest absolute Gasteiger partial charge is 1.00 e. The summed E-state index contributed by atoms with van der Waals surface area (Å²) in [6.45, 7) is 3.79. The molecule has 24 valence electrons. The van der Waals surface area contributed by atoms with Crippen LogP contribution in [0.25, 0.3) is 0 Å². The summed E-state index contributed by atoms with van der Waals surface area (Å²) in [5, 5.41) is 0. The van der Waals surface area contributed by atoms with E-state index in [0.29, 0.717) is 6.10 Å². The molecular formula is C3H5NaO. The molecule has 1 saturated heterocycles. The van der Waals surface area contributed by atoms with E-state index in [1.165, 1.54) is 0 Å². The van der Waals surface area contributed by atoms with Gasteiger partial charge in [-0.05, 0) is 0 Å². The predicted molar refractivity (Wildman–Crippen MR) is 14.8 cm³/mol. The van der Waals surface area contributed by atoms with Crippen molar-refractivity contribution in [1.29, 1.82) is 0 Å². The molecule has 1 rings (SSSR count). The molecule has 2 heteroatoms. The molecule has 1 atom stereocenters. The fraction of sp³-hybridized carbons (Fsp3) is 0.667. The summed E-state index contributed by atoms with van der Waals surface area (Å²) in [4.78, 5) is 0. The van der Waals surface area contributed by atoms with E-state index in [0.717, 1.165) is 0 Å². The van der Waals surface area contributed by atoms with Crippen molar-refractivity contribution in [3.8, 4) is 0 Å². The van der Waals surface area contributed by atoms with Gasteiger partial charge in [0.2, 0.25) is 0 Å². The van der Waals surface area contributed by atoms with E-state index in [1.54, 1.807) is 6.61 Å². The third-order valence-electron chi connectivity index (χ3n) is 0.408. The summed E-state index contributed by atoms with van der Waals surface area (Å²) in [5.74, 6) is 0. The van der Waals surface area contributed by atoms with Crippen LogP contribution in [-0.4, -0.2) is 6.10 Å². The second kappa shape index (κ2) is 2.19. The Morgan fingerprint density at radius 2 is 2.00 bits per heavy atom. The number of hydrogen-bond donors (Lipinski definition) is 0. The molecule has 0 aromatic heterocycles. The van der Waals surface area contributed by atoms with Gasteiger partial charge in [0.05, 0.1) is 0 Å². The molecule has 1 nitrogen and oxygen atoms in total. The SMILES string of the molecule is CC1[CH-]O1.[Na+]. The van der Waals surface area contributed by atoms with E-state index >= 15 is 0 Å². The Morgan fingerprint density at radius 3 is 2.00 bits per heavy atom. The molecule has 0 radical (unpaired) electrons. The Labute approximate surface area is 54.0 Å². The van der Waals surface area contributed by atoms with E-state index in [2.05, 4.69) is 4.74 Å². The average molecular weight is 80.1 g/mol. The summed E-state index contributed by atoms with van der Waals surface area (Å²) >= 11 is 0. The normalized spacial score (nSPS) is 31.8. The number of rotatable bonds is 0. The standard InChI is InChI=1S/C3H5O.Na/c1-3-2-4-3;/h2-3H,1H3;/q-1;+1. The molecule has 1 fully saturated rings. The molecule has 5 heavy (non-hydrogen) atoms. The fourth-order valence-corrected chi connectivity index (χ4v) is 0.0786. The maximum Gasteiger partial charge on any atom is 1.00 e. The van der Waals surface area contributed by atoms with Gasteiger partial charge in [-0.25, -0.2) is 0 Å². The zero-order valence-corrected chi connectivity index (χ0v) is 5.56. The van der Waals surface area contributed by atoms with Crippen molar-refractivity contribution >= 4 is 0 Å². The first kappa shape index (κ1) is 5.96. The molecule has 0 N–H and O–H groups in total. The van der Waals surface area contributed by atoms with Crippen LogP contribution in [0.5, 0.6) is 0 Å². The van der Waals surface area contributed by atoms with E-state index in [-0.39, 0.29) is 29.6 Å². The monoisotopic (exact) mass is 80.0 g/mol. The molecule has 1 aliphatic rings. The summed E-state index contributed by atoms with van der Waals surface area (Å²) in [6.07, 6.45) is 0.458. The molecule has 1 unspecified atom stereocenters. The van der Waals surface area contributed by atoms with Gasteiger partial charge in [-0.15, -0.1) is 0 Å². The third-order valence-corrected chi connectivity index (χ3v) is 0.408. The second-order valence-electron chi connectivity index (χ2n) is 0.977. The molecule has 0 aromatic carbocycles. The van der Waals surface area contributed by atoms with E-state index in [1.807, 2.05) is 6.92 Å². The van der Waals surface area contributed by atoms with Gasteiger partial charge in [0.1, 0.15) is 0 Å². The third kappa shape index (κ3) is 2.77. The summed E-state index contributed by atoms with van der Waals surface area (Å²) in [7, 11) is 0. The number of ether oxygens (including phenoxy) is 1. The minimum absolute atomic E-state index is 0. The summed E-state index contributed by atoms with van der Waals surface area (Å²) < 4.78 is 4.58. The van der Waals surface area contributed by atoms with Crippen molar-refractivity contribution in [2.75, 3.05) is 0 Å². The topological polar surface area (TPSA) is 12.5 Å². The van der Waals surface area contributed by atoms with Crippen molar-refractivity contribution in [2.45, 2.75) is 13.0 Å². The van der Waals surface area contributed by atoms with Crippen LogP contribution in [0.4, 0.5) is 0 Å². The molecule has 0 amide bonds. The molecular weight excluding hydrogens is 75.0 g/mol. The van der Waals surface area contributed by atoms with Gasteiger partial charge in [0.15, 0.2) is 0 Å². The van der Waals surface area contributed by atoms with Crippen LogP contribution in [0, 0.1) is 6.61 Å². The van der Waals surface area contributed by atoms with Gasteiger partial charge in [-0.3, -0.25) is 0 Å². The Bertz CT molecular complexity index is 26.1. The molecule has 0 bridgehead atoms. The van der Waals surface area contributed by atoms with Crippen LogP contribution in [0.2, 0.25) is 0 Å². The maximum absolute atomic E-state index is 4.58. The van der Waals surface area contributed by atoms with Crippen molar-refractivity contribution in [3.63, 3.8) is 0 Å². The van der Waals surface area contributed by atoms with E-state index in [9.17, 15) is 0 Å². The van der Waals surface area contributed by atoms with Crippen LogP contribution < -0.4 is 29.6 Å². The molecule has 0 saturated carbocycles. The van der Waals surface area contributed by atoms with Crippen molar-refractivity contribution in [1.82, 2.24) is 0 Å². The molecule has 1 heterocycles. The van der Waals surface area contributed by atoms with Crippen LogP contribution in [0.15, 0.2) is 0 Å². The van der Waals surface area contributed by atoms with Crippen LogP contribution in [-0.2, 0) is 4.74 Å². The second-order valence-corrected chi connectivity index (χ2v) is 0.977. The zero-order chi connectivity index (χ0) is 2.99. The average Bonchev–Trinajstić information content (AvgIpc) is 1.75. The van der Waals surface area contributed by atoms with Crippen molar-refractivity contribution in [2.24, 2.45) is 0 Å². The Balaban J connectivity index is 0.000000160. The van der Waals surface area contributed by atoms with Crippen LogP contribution in [0.3, 0.4) is 0 Å². The van der Waals surface area contributed by atoms with Gasteiger partial charge in [-0.2, -0.15) is 6.61 Å². The van der Waals surface area contributed by atoms with Gasteiger partial charge in [0.25, 0.3) is 0 Å². The van der Waals surface area contributed by atoms with Crippen molar-refractivity contribution < 1.29 is 34.3 Å². The van der Waals surface area contributed by atoms with Crippen LogP contribution >= 0.6 is 0 Å². The summed E-state index contributed by atoms with van der Waals surface area (Å²) in [6, 6.07) is 0. The van der Waals surface area contributed by atoms with Crippen molar-refractivity contribution in [3.05, 3.63) is 6.61 Å². The number of hydrogen-bond acceptors (Lipinski definition) is 1. The summed E-state index contributed by atoms with van der Waals surface area (Å²) in [5.41, 5.74) is 0. The minimum Gasteiger partial charge on any atom is -0.570 e. The van der Waals surface area contributed by atoms with Gasteiger partial charge < -0.3 is 4.74 Å². The van der Waals surface area contributed by atoms with E-state index < -0.39 is 0 Å². The predicted octanol–water partition coefficient (Wildman–Crippen LogP) is -2.43. The molecule has 0 aliphatic carbocycles. The fourth-order valence-electron chi connectivity index (χ4n) is 0.0786. The Kier molecular flexibility index (Phi) is 2.61. The quantitative estimate of drug-likeness (QED) is 0.179. The van der Waals surface area contributed by atoms with E-state index in [4.69, 9.17) is 0 Å². The zero-order valence-electron chi connectivity index (χ0n) is 3.56. The smallest absolute Gasteiger partial charge is 0.570 e. The molecule has 1 aliphatic heterocycles. The molecule has 0 spiro atoms. The minimum atomic E-state index is 0. The van der Waals surface area contributed by atoms with Gasteiger partial charge >= 0.3 is 29.6 Å². The maximum atomic E-state index is 4.58.